The van der Waals surface area contributed by atoms with E-state index in [-0.39, 0.29) is 11.5 Å². The lowest BCUT2D eigenvalue weighted by Crippen LogP contribution is -2.18. The number of amides is 1. The molecule has 0 saturated heterocycles. The van der Waals surface area contributed by atoms with Crippen LogP contribution in [-0.2, 0) is 11.8 Å². The van der Waals surface area contributed by atoms with Gasteiger partial charge in [-0.25, -0.2) is 0 Å². The second-order valence-corrected chi connectivity index (χ2v) is 4.47. The molecule has 0 aliphatic carbocycles. The van der Waals surface area contributed by atoms with Gasteiger partial charge in [-0.1, -0.05) is 18.2 Å². The molecule has 0 aliphatic heterocycles. The average molecular weight is 259 g/mol. The number of aryl methyl sites for hydroxylation is 1. The first-order valence-electron chi connectivity index (χ1n) is 6.20. The molecule has 2 aromatic rings. The van der Waals surface area contributed by atoms with Gasteiger partial charge in [0.1, 0.15) is 0 Å². The van der Waals surface area contributed by atoms with E-state index in [0.29, 0.717) is 19.4 Å². The van der Waals surface area contributed by atoms with Crippen molar-refractivity contribution in [1.82, 2.24) is 4.57 Å². The molecule has 0 aliphatic rings. The lowest BCUT2D eigenvalue weighted by Gasteiger charge is -2.11. The Bertz CT molecular complexity index is 661. The Morgan fingerprint density at radius 1 is 1.37 bits per heavy atom. The van der Waals surface area contributed by atoms with Crippen LogP contribution in [-0.4, -0.2) is 17.0 Å². The monoisotopic (exact) mass is 259 g/mol. The van der Waals surface area contributed by atoms with Gasteiger partial charge in [0.25, 0.3) is 5.56 Å². The summed E-state index contributed by atoms with van der Waals surface area (Å²) in [7, 11) is 1.75. The van der Waals surface area contributed by atoms with Crippen LogP contribution in [0.2, 0.25) is 0 Å². The van der Waals surface area contributed by atoms with Crippen LogP contribution in [0.25, 0.3) is 10.9 Å². The maximum Gasteiger partial charge on any atom is 0.252 e. The number of nitrogens with two attached hydrogens (primary N) is 1. The molecule has 2 rings (SSSR count). The number of para-hydroxylation sites is 1. The Hall–Kier alpha value is -2.30. The van der Waals surface area contributed by atoms with Crippen molar-refractivity contribution in [3.8, 4) is 0 Å². The number of fused-ring (bicyclic) bond motifs is 1. The molecule has 5 nitrogen and oxygen atoms in total. The molecule has 19 heavy (non-hydrogen) atoms. The molecule has 0 saturated carbocycles. The number of nitrogens with one attached hydrogen (secondary N) is 1. The minimum Gasteiger partial charge on any atom is -0.384 e. The van der Waals surface area contributed by atoms with Gasteiger partial charge in [0.05, 0.1) is 5.52 Å². The second kappa shape index (κ2) is 5.56. The molecule has 0 atom stereocenters. The molecule has 0 unspecified atom stereocenters. The molecular weight excluding hydrogens is 242 g/mol. The van der Waals surface area contributed by atoms with Crippen molar-refractivity contribution in [2.45, 2.75) is 12.8 Å². The highest BCUT2D eigenvalue weighted by atomic mass is 16.1. The first-order chi connectivity index (χ1) is 9.09. The highest BCUT2D eigenvalue weighted by Gasteiger charge is 2.05. The van der Waals surface area contributed by atoms with Gasteiger partial charge in [-0.05, 0) is 12.5 Å². The molecule has 0 fully saturated rings. The van der Waals surface area contributed by atoms with E-state index in [0.717, 1.165) is 16.6 Å². The van der Waals surface area contributed by atoms with Gasteiger partial charge in [0.15, 0.2) is 0 Å². The van der Waals surface area contributed by atoms with Gasteiger partial charge >= 0.3 is 0 Å². The zero-order valence-electron chi connectivity index (χ0n) is 10.8. The number of aromatic nitrogens is 1. The minimum atomic E-state index is -0.310. The summed E-state index contributed by atoms with van der Waals surface area (Å²) in [5.74, 6) is -0.310. The summed E-state index contributed by atoms with van der Waals surface area (Å²) in [6, 6.07) is 9.28. The third kappa shape index (κ3) is 2.93. The van der Waals surface area contributed by atoms with Crippen LogP contribution >= 0.6 is 0 Å². The van der Waals surface area contributed by atoms with E-state index in [1.54, 1.807) is 17.7 Å². The summed E-state index contributed by atoms with van der Waals surface area (Å²) < 4.78 is 1.62. The Morgan fingerprint density at radius 2 is 2.11 bits per heavy atom. The summed E-state index contributed by atoms with van der Waals surface area (Å²) in [5.41, 5.74) is 6.70. The minimum absolute atomic E-state index is 0.0592. The van der Waals surface area contributed by atoms with Crippen molar-refractivity contribution in [2.75, 3.05) is 11.9 Å². The fourth-order valence-corrected chi connectivity index (χ4v) is 2.04. The molecule has 3 N–H and O–H groups in total. The van der Waals surface area contributed by atoms with Gasteiger partial charge in [-0.15, -0.1) is 0 Å². The maximum absolute atomic E-state index is 11.8. The SMILES string of the molecule is Cn1c(=O)cc(NCCCC(N)=O)c2ccccc21. The number of hydrogen-bond acceptors (Lipinski definition) is 3. The third-order valence-electron chi connectivity index (χ3n) is 3.07. The predicted molar refractivity (Wildman–Crippen MR) is 76.1 cm³/mol. The first kappa shape index (κ1) is 13.1. The molecule has 0 radical (unpaired) electrons. The molecule has 5 heteroatoms. The zero-order valence-corrected chi connectivity index (χ0v) is 10.8. The Morgan fingerprint density at radius 3 is 2.84 bits per heavy atom. The molecule has 1 heterocycles. The Labute approximate surface area is 111 Å². The standard InChI is InChI=1S/C14H17N3O2/c1-17-12-6-3-2-5-10(12)11(9-14(17)19)16-8-4-7-13(15)18/h2-3,5-6,9,16H,4,7-8H2,1H3,(H2,15,18). The van der Waals surface area contributed by atoms with Crippen LogP contribution < -0.4 is 16.6 Å². The van der Waals surface area contributed by atoms with Gasteiger partial charge in [0.2, 0.25) is 5.91 Å². The topological polar surface area (TPSA) is 77.1 Å². The highest BCUT2D eigenvalue weighted by molar-refractivity contribution is 5.91. The Kier molecular flexibility index (Phi) is 3.85. The second-order valence-electron chi connectivity index (χ2n) is 4.47. The van der Waals surface area contributed by atoms with E-state index in [1.165, 1.54) is 0 Å². The molecule has 0 bridgehead atoms. The molecule has 1 amide bonds. The smallest absolute Gasteiger partial charge is 0.252 e. The average Bonchev–Trinajstić information content (AvgIpc) is 2.40. The van der Waals surface area contributed by atoms with Crippen LogP contribution in [0.4, 0.5) is 5.69 Å². The first-order valence-corrected chi connectivity index (χ1v) is 6.20. The van der Waals surface area contributed by atoms with Crippen LogP contribution in [0.15, 0.2) is 35.1 Å². The summed E-state index contributed by atoms with van der Waals surface area (Å²) in [6.07, 6.45) is 0.995. The summed E-state index contributed by atoms with van der Waals surface area (Å²) >= 11 is 0. The van der Waals surface area contributed by atoms with Crippen LogP contribution in [0.3, 0.4) is 0 Å². The van der Waals surface area contributed by atoms with Crippen molar-refractivity contribution >= 4 is 22.5 Å². The van der Waals surface area contributed by atoms with E-state index in [1.807, 2.05) is 24.3 Å². The van der Waals surface area contributed by atoms with Crippen LogP contribution in [0, 0.1) is 0 Å². The van der Waals surface area contributed by atoms with E-state index in [4.69, 9.17) is 5.73 Å². The molecular formula is C14H17N3O2. The number of rotatable bonds is 5. The lowest BCUT2D eigenvalue weighted by molar-refractivity contribution is -0.118. The molecule has 1 aromatic carbocycles. The molecule has 0 spiro atoms. The summed E-state index contributed by atoms with van der Waals surface area (Å²) in [6.45, 7) is 0.611. The van der Waals surface area contributed by atoms with Crippen molar-refractivity contribution in [1.29, 1.82) is 0 Å². The third-order valence-corrected chi connectivity index (χ3v) is 3.07. The highest BCUT2D eigenvalue weighted by Crippen LogP contribution is 2.20. The van der Waals surface area contributed by atoms with Crippen molar-refractivity contribution in [3.63, 3.8) is 0 Å². The van der Waals surface area contributed by atoms with Crippen molar-refractivity contribution < 1.29 is 4.79 Å². The molecule has 100 valence electrons. The fourth-order valence-electron chi connectivity index (χ4n) is 2.04. The maximum atomic E-state index is 11.8. The number of anilines is 1. The van der Waals surface area contributed by atoms with Gasteiger partial charge < -0.3 is 15.6 Å². The predicted octanol–water partition coefficient (Wildman–Crippen LogP) is 1.22. The van der Waals surface area contributed by atoms with Crippen molar-refractivity contribution in [2.24, 2.45) is 12.8 Å². The fraction of sp³-hybridized carbons (Fsp3) is 0.286. The lowest BCUT2D eigenvalue weighted by atomic mass is 10.1. The number of primary amides is 1. The van der Waals surface area contributed by atoms with Gasteiger partial charge in [-0.2, -0.15) is 0 Å². The van der Waals surface area contributed by atoms with E-state index in [9.17, 15) is 9.59 Å². The van der Waals surface area contributed by atoms with Gasteiger partial charge in [0, 0.05) is 37.2 Å². The number of pyridine rings is 1. The van der Waals surface area contributed by atoms with E-state index < -0.39 is 0 Å². The van der Waals surface area contributed by atoms with Crippen LogP contribution in [0.5, 0.6) is 0 Å². The van der Waals surface area contributed by atoms with Gasteiger partial charge in [-0.3, -0.25) is 9.59 Å². The number of carbonyl (C=O) groups excluding carboxylic acids is 1. The molecule has 1 aromatic heterocycles. The number of hydrogen-bond donors (Lipinski definition) is 2. The largest absolute Gasteiger partial charge is 0.384 e. The zero-order chi connectivity index (χ0) is 13.8. The summed E-state index contributed by atoms with van der Waals surface area (Å²) in [5, 5.41) is 4.18. The number of benzene rings is 1. The number of nitrogens with zero attached hydrogens (tertiary/aromatic N) is 1. The van der Waals surface area contributed by atoms with Crippen molar-refractivity contribution in [3.05, 3.63) is 40.7 Å². The quantitative estimate of drug-likeness (QED) is 0.792. The van der Waals surface area contributed by atoms with E-state index in [2.05, 4.69) is 5.32 Å². The van der Waals surface area contributed by atoms with E-state index >= 15 is 0 Å². The van der Waals surface area contributed by atoms with Crippen LogP contribution in [0.1, 0.15) is 12.8 Å². The number of carbonyl (C=O) groups is 1. The normalized spacial score (nSPS) is 10.6. The Balaban J connectivity index is 2.26. The summed E-state index contributed by atoms with van der Waals surface area (Å²) in [4.78, 5) is 22.5.